The molecule has 0 aliphatic carbocycles. The Morgan fingerprint density at radius 1 is 0.944 bits per heavy atom. The van der Waals surface area contributed by atoms with Gasteiger partial charge in [0.05, 0.1) is 0 Å². The topological polar surface area (TPSA) is 20.2 Å². The molecule has 0 unspecified atom stereocenters. The van der Waals surface area contributed by atoms with Crippen LogP contribution >= 0.6 is 12.2 Å². The lowest BCUT2D eigenvalue weighted by Crippen LogP contribution is -1.98. The first kappa shape index (κ1) is 12.8. The number of aryl methyl sites for hydroxylation is 1. The number of phenolic OH excluding ortho intramolecular Hbond substituents is 1. The molecule has 2 aromatic rings. The quantitative estimate of drug-likeness (QED) is 0.641. The van der Waals surface area contributed by atoms with E-state index < -0.39 is 0 Å². The van der Waals surface area contributed by atoms with Crippen LogP contribution in [0.1, 0.15) is 24.0 Å². The van der Waals surface area contributed by atoms with Gasteiger partial charge in [-0.05, 0) is 30.9 Å². The van der Waals surface area contributed by atoms with E-state index in [1.54, 1.807) is 6.07 Å². The van der Waals surface area contributed by atoms with E-state index in [9.17, 15) is 5.11 Å². The Kier molecular flexibility index (Phi) is 4.48. The van der Waals surface area contributed by atoms with Crippen molar-refractivity contribution >= 4 is 17.1 Å². The third-order valence-corrected chi connectivity index (χ3v) is 3.34. The van der Waals surface area contributed by atoms with E-state index in [4.69, 9.17) is 12.2 Å². The third-order valence-electron chi connectivity index (χ3n) is 2.92. The second kappa shape index (κ2) is 6.31. The lowest BCUT2D eigenvalue weighted by Gasteiger charge is -2.06. The monoisotopic (exact) mass is 256 g/mol. The van der Waals surface area contributed by atoms with Gasteiger partial charge in [0.2, 0.25) is 0 Å². The van der Waals surface area contributed by atoms with Crippen LogP contribution in [0.3, 0.4) is 0 Å². The fraction of sp³-hybridized carbons (Fsp3) is 0.188. The molecule has 0 aliphatic rings. The molecule has 0 bridgehead atoms. The number of benzene rings is 2. The number of thiocarbonyl (C=S) groups is 1. The molecule has 0 aromatic heterocycles. The standard InChI is InChI=1S/C16H16OS/c17-15-11-5-4-10-14(15)16(18)12-6-9-13-7-2-1-3-8-13/h1-5,7-8,10-11,17H,6,9,12H2. The molecule has 0 amide bonds. The van der Waals surface area contributed by atoms with Crippen molar-refractivity contribution in [2.75, 3.05) is 0 Å². The Balaban J connectivity index is 1.88. The molecule has 92 valence electrons. The number of hydrogen-bond acceptors (Lipinski definition) is 2. The maximum atomic E-state index is 9.71. The summed E-state index contributed by atoms with van der Waals surface area (Å²) in [4.78, 5) is 0.837. The molecule has 2 rings (SSSR count). The van der Waals surface area contributed by atoms with E-state index in [-0.39, 0.29) is 5.75 Å². The van der Waals surface area contributed by atoms with Crippen LogP contribution in [-0.4, -0.2) is 9.97 Å². The summed E-state index contributed by atoms with van der Waals surface area (Å²) in [7, 11) is 0. The van der Waals surface area contributed by atoms with Gasteiger partial charge >= 0.3 is 0 Å². The molecule has 2 heteroatoms. The average molecular weight is 256 g/mol. The first-order valence-electron chi connectivity index (χ1n) is 6.12. The van der Waals surface area contributed by atoms with Crippen molar-refractivity contribution in [3.63, 3.8) is 0 Å². The predicted molar refractivity (Wildman–Crippen MR) is 79.2 cm³/mol. The number of rotatable bonds is 5. The number of hydrogen-bond donors (Lipinski definition) is 1. The van der Waals surface area contributed by atoms with Crippen LogP contribution in [0.25, 0.3) is 0 Å². The largest absolute Gasteiger partial charge is 0.507 e. The van der Waals surface area contributed by atoms with Crippen LogP contribution in [0.5, 0.6) is 5.75 Å². The van der Waals surface area contributed by atoms with E-state index in [1.165, 1.54) is 5.56 Å². The zero-order valence-corrected chi connectivity index (χ0v) is 11.0. The maximum absolute atomic E-state index is 9.71. The van der Waals surface area contributed by atoms with Crippen LogP contribution in [0.15, 0.2) is 54.6 Å². The van der Waals surface area contributed by atoms with Crippen molar-refractivity contribution in [1.82, 2.24) is 0 Å². The average Bonchev–Trinajstić information content (AvgIpc) is 2.40. The molecule has 0 spiro atoms. The fourth-order valence-corrected chi connectivity index (χ4v) is 2.26. The zero-order valence-electron chi connectivity index (χ0n) is 10.2. The van der Waals surface area contributed by atoms with E-state index in [0.717, 1.165) is 29.7 Å². The minimum atomic E-state index is 0.280. The minimum absolute atomic E-state index is 0.280. The van der Waals surface area contributed by atoms with Gasteiger partial charge in [-0.15, -0.1) is 0 Å². The fourth-order valence-electron chi connectivity index (χ4n) is 1.94. The smallest absolute Gasteiger partial charge is 0.123 e. The zero-order chi connectivity index (χ0) is 12.8. The molecular formula is C16H16OS. The molecule has 0 fully saturated rings. The van der Waals surface area contributed by atoms with Crippen molar-refractivity contribution in [2.45, 2.75) is 19.3 Å². The van der Waals surface area contributed by atoms with Gasteiger partial charge in [0.15, 0.2) is 0 Å². The molecular weight excluding hydrogens is 240 g/mol. The minimum Gasteiger partial charge on any atom is -0.507 e. The molecule has 1 N–H and O–H groups in total. The third kappa shape index (κ3) is 3.41. The predicted octanol–water partition coefficient (Wildman–Crippen LogP) is 4.13. The molecule has 0 aliphatic heterocycles. The van der Waals surface area contributed by atoms with Crippen molar-refractivity contribution < 1.29 is 5.11 Å². The van der Waals surface area contributed by atoms with Gasteiger partial charge in [-0.2, -0.15) is 0 Å². The van der Waals surface area contributed by atoms with Crippen LogP contribution in [-0.2, 0) is 6.42 Å². The Bertz CT molecular complexity index is 520. The van der Waals surface area contributed by atoms with Gasteiger partial charge in [0.25, 0.3) is 0 Å². The van der Waals surface area contributed by atoms with Gasteiger partial charge in [-0.3, -0.25) is 0 Å². The van der Waals surface area contributed by atoms with Gasteiger partial charge in [0, 0.05) is 10.4 Å². The molecule has 0 saturated carbocycles. The van der Waals surface area contributed by atoms with E-state index >= 15 is 0 Å². The summed E-state index contributed by atoms with van der Waals surface area (Å²) in [6, 6.07) is 17.7. The summed E-state index contributed by atoms with van der Waals surface area (Å²) in [6.45, 7) is 0. The summed E-state index contributed by atoms with van der Waals surface area (Å²) in [6.07, 6.45) is 2.87. The molecule has 0 saturated heterocycles. The van der Waals surface area contributed by atoms with Crippen molar-refractivity contribution in [3.05, 3.63) is 65.7 Å². The van der Waals surface area contributed by atoms with Gasteiger partial charge in [-0.1, -0.05) is 60.7 Å². The summed E-state index contributed by atoms with van der Waals surface area (Å²) < 4.78 is 0. The van der Waals surface area contributed by atoms with Crippen molar-refractivity contribution in [2.24, 2.45) is 0 Å². The van der Waals surface area contributed by atoms with Crippen LogP contribution in [0, 0.1) is 0 Å². The SMILES string of the molecule is Oc1ccccc1C(=S)CCCc1ccccc1. The van der Waals surface area contributed by atoms with Gasteiger partial charge in [0.1, 0.15) is 5.75 Å². The highest BCUT2D eigenvalue weighted by Gasteiger charge is 2.05. The molecule has 0 atom stereocenters. The Labute approximate surface area is 113 Å². The van der Waals surface area contributed by atoms with E-state index in [1.807, 2.05) is 24.3 Å². The van der Waals surface area contributed by atoms with Gasteiger partial charge < -0.3 is 5.11 Å². The lowest BCUT2D eigenvalue weighted by molar-refractivity contribution is 0.474. The summed E-state index contributed by atoms with van der Waals surface area (Å²) in [5.74, 6) is 0.280. The molecule has 0 heterocycles. The van der Waals surface area contributed by atoms with E-state index in [2.05, 4.69) is 24.3 Å². The van der Waals surface area contributed by atoms with Crippen LogP contribution in [0.4, 0.5) is 0 Å². The van der Waals surface area contributed by atoms with E-state index in [0.29, 0.717) is 0 Å². The Morgan fingerprint density at radius 2 is 1.61 bits per heavy atom. The first-order valence-corrected chi connectivity index (χ1v) is 6.53. The number of aromatic hydroxyl groups is 1. The number of phenols is 1. The van der Waals surface area contributed by atoms with Crippen LogP contribution < -0.4 is 0 Å². The summed E-state index contributed by atoms with van der Waals surface area (Å²) >= 11 is 5.36. The highest BCUT2D eigenvalue weighted by molar-refractivity contribution is 7.80. The molecule has 2 aromatic carbocycles. The molecule has 18 heavy (non-hydrogen) atoms. The Hall–Kier alpha value is -1.67. The van der Waals surface area contributed by atoms with Gasteiger partial charge in [-0.25, -0.2) is 0 Å². The number of para-hydroxylation sites is 1. The highest BCUT2D eigenvalue weighted by atomic mass is 32.1. The lowest BCUT2D eigenvalue weighted by atomic mass is 10.0. The second-order valence-corrected chi connectivity index (χ2v) is 4.77. The second-order valence-electron chi connectivity index (χ2n) is 4.28. The highest BCUT2D eigenvalue weighted by Crippen LogP contribution is 2.19. The normalized spacial score (nSPS) is 10.2. The maximum Gasteiger partial charge on any atom is 0.123 e. The van der Waals surface area contributed by atoms with Crippen molar-refractivity contribution in [3.8, 4) is 5.75 Å². The summed E-state index contributed by atoms with van der Waals surface area (Å²) in [5, 5.41) is 9.71. The Morgan fingerprint density at radius 3 is 2.33 bits per heavy atom. The molecule has 0 radical (unpaired) electrons. The van der Waals surface area contributed by atoms with Crippen LogP contribution in [0.2, 0.25) is 0 Å². The first-order chi connectivity index (χ1) is 8.77. The molecule has 1 nitrogen and oxygen atoms in total. The summed E-state index contributed by atoms with van der Waals surface area (Å²) in [5.41, 5.74) is 2.12. The van der Waals surface area contributed by atoms with Crippen molar-refractivity contribution in [1.29, 1.82) is 0 Å².